The SMILES string of the molecule is CC(C)N(C)Cc1cc(=O)n2c(n1)CN(C(=O)C1CC(F)(F)C1)CC2. The highest BCUT2D eigenvalue weighted by Crippen LogP contribution is 2.43. The largest absolute Gasteiger partial charge is 0.333 e. The molecule has 1 saturated carbocycles. The van der Waals surface area contributed by atoms with Crippen molar-refractivity contribution in [1.82, 2.24) is 19.4 Å². The maximum atomic E-state index is 13.0. The number of hydrogen-bond acceptors (Lipinski definition) is 4. The number of carbonyl (C=O) groups is 1. The first-order valence-corrected chi connectivity index (χ1v) is 8.63. The van der Waals surface area contributed by atoms with Crippen molar-refractivity contribution in [3.05, 3.63) is 27.9 Å². The van der Waals surface area contributed by atoms with Crippen LogP contribution in [-0.4, -0.2) is 50.8 Å². The first kappa shape index (κ1) is 18.0. The fourth-order valence-electron chi connectivity index (χ4n) is 3.24. The van der Waals surface area contributed by atoms with Gasteiger partial charge in [0.1, 0.15) is 5.82 Å². The lowest BCUT2D eigenvalue weighted by atomic mass is 9.80. The second-order valence-corrected chi connectivity index (χ2v) is 7.38. The zero-order valence-electron chi connectivity index (χ0n) is 14.8. The van der Waals surface area contributed by atoms with Crippen LogP contribution in [0.25, 0.3) is 0 Å². The fourth-order valence-corrected chi connectivity index (χ4v) is 3.24. The molecule has 2 aliphatic rings. The Balaban J connectivity index is 1.74. The first-order valence-electron chi connectivity index (χ1n) is 8.63. The molecule has 0 N–H and O–H groups in total. The number of rotatable bonds is 4. The molecule has 0 bridgehead atoms. The van der Waals surface area contributed by atoms with Crippen LogP contribution in [0.15, 0.2) is 10.9 Å². The Hall–Kier alpha value is -1.83. The van der Waals surface area contributed by atoms with Crippen molar-refractivity contribution < 1.29 is 13.6 Å². The smallest absolute Gasteiger partial charge is 0.253 e. The molecule has 0 unspecified atom stereocenters. The molecule has 0 aromatic carbocycles. The zero-order chi connectivity index (χ0) is 18.4. The summed E-state index contributed by atoms with van der Waals surface area (Å²) >= 11 is 0. The van der Waals surface area contributed by atoms with Gasteiger partial charge in [0.05, 0.1) is 12.2 Å². The first-order chi connectivity index (χ1) is 11.7. The third-order valence-electron chi connectivity index (χ3n) is 5.11. The summed E-state index contributed by atoms with van der Waals surface area (Å²) in [7, 11) is 1.95. The number of amides is 1. The average Bonchev–Trinajstić information content (AvgIpc) is 2.51. The van der Waals surface area contributed by atoms with Crippen LogP contribution in [0.2, 0.25) is 0 Å². The molecule has 8 heteroatoms. The number of halogens is 2. The van der Waals surface area contributed by atoms with Gasteiger partial charge in [-0.2, -0.15) is 0 Å². The van der Waals surface area contributed by atoms with Crippen molar-refractivity contribution in [3.8, 4) is 0 Å². The van der Waals surface area contributed by atoms with E-state index in [0.717, 1.165) is 0 Å². The topological polar surface area (TPSA) is 58.4 Å². The van der Waals surface area contributed by atoms with Gasteiger partial charge >= 0.3 is 0 Å². The molecule has 3 rings (SSSR count). The molecule has 2 heterocycles. The van der Waals surface area contributed by atoms with Crippen LogP contribution in [0.4, 0.5) is 8.78 Å². The van der Waals surface area contributed by atoms with Gasteiger partial charge in [-0.05, 0) is 20.9 Å². The Morgan fingerprint density at radius 3 is 2.68 bits per heavy atom. The summed E-state index contributed by atoms with van der Waals surface area (Å²) < 4.78 is 27.6. The number of hydrogen-bond donors (Lipinski definition) is 0. The van der Waals surface area contributed by atoms with E-state index in [9.17, 15) is 18.4 Å². The van der Waals surface area contributed by atoms with Crippen LogP contribution < -0.4 is 5.56 Å². The summed E-state index contributed by atoms with van der Waals surface area (Å²) in [6.45, 7) is 5.58. The van der Waals surface area contributed by atoms with E-state index in [1.807, 2.05) is 7.05 Å². The monoisotopic (exact) mass is 354 g/mol. The molecule has 1 amide bonds. The molecular weight excluding hydrogens is 330 g/mol. The molecule has 0 radical (unpaired) electrons. The van der Waals surface area contributed by atoms with Crippen molar-refractivity contribution in [3.63, 3.8) is 0 Å². The Morgan fingerprint density at radius 2 is 2.08 bits per heavy atom. The van der Waals surface area contributed by atoms with Crippen LogP contribution in [0.1, 0.15) is 38.2 Å². The maximum absolute atomic E-state index is 13.0. The Labute approximate surface area is 145 Å². The van der Waals surface area contributed by atoms with Crippen LogP contribution in [0.5, 0.6) is 0 Å². The fraction of sp³-hybridized carbons (Fsp3) is 0.706. The zero-order valence-corrected chi connectivity index (χ0v) is 14.8. The number of aromatic nitrogens is 2. The summed E-state index contributed by atoms with van der Waals surface area (Å²) in [6.07, 6.45) is -0.746. The predicted molar refractivity (Wildman–Crippen MR) is 88.2 cm³/mol. The van der Waals surface area contributed by atoms with Gasteiger partial charge in [-0.3, -0.25) is 19.1 Å². The van der Waals surface area contributed by atoms with E-state index in [1.165, 1.54) is 6.07 Å². The third kappa shape index (κ3) is 3.73. The van der Waals surface area contributed by atoms with Gasteiger partial charge in [-0.15, -0.1) is 0 Å². The molecule has 1 aliphatic carbocycles. The number of alkyl halides is 2. The molecular formula is C17H24F2N4O2. The normalized spacial score (nSPS) is 19.9. The van der Waals surface area contributed by atoms with Gasteiger partial charge in [-0.1, -0.05) is 0 Å². The molecule has 0 atom stereocenters. The summed E-state index contributed by atoms with van der Waals surface area (Å²) in [5.74, 6) is -3.04. The minimum Gasteiger partial charge on any atom is -0.333 e. The van der Waals surface area contributed by atoms with E-state index in [-0.39, 0.29) is 30.9 Å². The van der Waals surface area contributed by atoms with Crippen LogP contribution in [0, 0.1) is 5.92 Å². The number of carbonyl (C=O) groups excluding carboxylic acids is 1. The highest BCUT2D eigenvalue weighted by Gasteiger charge is 2.50. The van der Waals surface area contributed by atoms with E-state index >= 15 is 0 Å². The maximum Gasteiger partial charge on any atom is 0.253 e. The van der Waals surface area contributed by atoms with Crippen molar-refractivity contribution in [1.29, 1.82) is 0 Å². The minimum atomic E-state index is -2.71. The lowest BCUT2D eigenvalue weighted by molar-refractivity contribution is -0.161. The van der Waals surface area contributed by atoms with E-state index in [0.29, 0.717) is 37.2 Å². The summed E-state index contributed by atoms with van der Waals surface area (Å²) in [5, 5.41) is 0. The highest BCUT2D eigenvalue weighted by atomic mass is 19.3. The molecule has 1 fully saturated rings. The number of nitrogens with zero attached hydrogens (tertiary/aromatic N) is 4. The lowest BCUT2D eigenvalue weighted by Crippen LogP contribution is -2.50. The van der Waals surface area contributed by atoms with E-state index in [1.54, 1.807) is 9.47 Å². The van der Waals surface area contributed by atoms with Gasteiger partial charge in [0, 0.05) is 50.5 Å². The average molecular weight is 354 g/mol. The summed E-state index contributed by atoms with van der Waals surface area (Å²) in [4.78, 5) is 32.8. The van der Waals surface area contributed by atoms with Gasteiger partial charge in [0.2, 0.25) is 11.8 Å². The van der Waals surface area contributed by atoms with Gasteiger partial charge < -0.3 is 4.90 Å². The molecule has 138 valence electrons. The van der Waals surface area contributed by atoms with Crippen molar-refractivity contribution in [2.75, 3.05) is 13.6 Å². The Bertz CT molecular complexity index is 724. The number of fused-ring (bicyclic) bond motifs is 1. The molecule has 0 spiro atoms. The van der Waals surface area contributed by atoms with Crippen LogP contribution in [-0.2, 0) is 24.4 Å². The molecule has 1 aliphatic heterocycles. The van der Waals surface area contributed by atoms with Crippen molar-refractivity contribution >= 4 is 5.91 Å². The molecule has 0 saturated heterocycles. The third-order valence-corrected chi connectivity index (χ3v) is 5.11. The van der Waals surface area contributed by atoms with Crippen LogP contribution >= 0.6 is 0 Å². The summed E-state index contributed by atoms with van der Waals surface area (Å²) in [6, 6.07) is 1.85. The van der Waals surface area contributed by atoms with Gasteiger partial charge in [0.25, 0.3) is 5.56 Å². The van der Waals surface area contributed by atoms with Crippen molar-refractivity contribution in [2.24, 2.45) is 5.92 Å². The molecule has 25 heavy (non-hydrogen) atoms. The minimum absolute atomic E-state index is 0.126. The standard InChI is InChI=1S/C17H24F2N4O2/c1-11(2)21(3)9-13-6-15(24)23-5-4-22(10-14(23)20-13)16(25)12-7-17(18,19)8-12/h6,11-12H,4-5,7-10H2,1-3H3. The van der Waals surface area contributed by atoms with Gasteiger partial charge in [0.15, 0.2) is 0 Å². The lowest BCUT2D eigenvalue weighted by Gasteiger charge is -2.38. The second-order valence-electron chi connectivity index (χ2n) is 7.38. The molecule has 6 nitrogen and oxygen atoms in total. The Kier molecular flexibility index (Phi) is 4.66. The van der Waals surface area contributed by atoms with E-state index in [2.05, 4.69) is 23.7 Å². The van der Waals surface area contributed by atoms with Gasteiger partial charge in [-0.25, -0.2) is 13.8 Å². The Morgan fingerprint density at radius 1 is 1.40 bits per heavy atom. The molecule has 1 aromatic rings. The second kappa shape index (κ2) is 6.48. The van der Waals surface area contributed by atoms with Crippen LogP contribution in [0.3, 0.4) is 0 Å². The summed E-state index contributed by atoms with van der Waals surface area (Å²) in [5.41, 5.74) is 0.538. The highest BCUT2D eigenvalue weighted by molar-refractivity contribution is 5.80. The molecule has 1 aromatic heterocycles. The van der Waals surface area contributed by atoms with E-state index < -0.39 is 11.8 Å². The quantitative estimate of drug-likeness (QED) is 0.822. The van der Waals surface area contributed by atoms with Crippen molar-refractivity contribution in [2.45, 2.75) is 58.3 Å². The van der Waals surface area contributed by atoms with E-state index in [4.69, 9.17) is 0 Å². The predicted octanol–water partition coefficient (Wildman–Crippen LogP) is 1.47.